The van der Waals surface area contributed by atoms with Crippen molar-refractivity contribution in [2.75, 3.05) is 19.7 Å². The molecule has 0 aliphatic carbocycles. The Balaban J connectivity index is 2.15. The standard InChI is InChI=1S/C14H22N2O3/c1-5-19-13-8-16(7-12(13)17)14(18)11-6-9(2)15(4)10(11)3/h6,12-13,17H,5,7-8H2,1-4H3/t12-,13-/m0/s1. The molecule has 0 aromatic carbocycles. The van der Waals surface area contributed by atoms with Crippen LogP contribution in [0.15, 0.2) is 6.07 Å². The van der Waals surface area contributed by atoms with E-state index in [1.54, 1.807) is 4.90 Å². The fraction of sp³-hybridized carbons (Fsp3) is 0.643. The van der Waals surface area contributed by atoms with Crippen molar-refractivity contribution in [3.8, 4) is 0 Å². The van der Waals surface area contributed by atoms with E-state index in [1.807, 2.05) is 38.5 Å². The lowest BCUT2D eigenvalue weighted by Crippen LogP contribution is -2.30. The van der Waals surface area contributed by atoms with Crippen molar-refractivity contribution in [1.82, 2.24) is 9.47 Å². The van der Waals surface area contributed by atoms with Gasteiger partial charge in [-0.05, 0) is 26.8 Å². The van der Waals surface area contributed by atoms with Gasteiger partial charge in [0, 0.05) is 38.1 Å². The molecule has 2 heterocycles. The van der Waals surface area contributed by atoms with Crippen molar-refractivity contribution in [2.45, 2.75) is 33.0 Å². The second-order valence-corrected chi connectivity index (χ2v) is 5.12. The first-order valence-corrected chi connectivity index (χ1v) is 6.67. The minimum absolute atomic E-state index is 0.0255. The Hall–Kier alpha value is -1.33. The Bertz CT molecular complexity index is 481. The Labute approximate surface area is 113 Å². The SMILES string of the molecule is CCO[C@H]1CN(C(=O)c2cc(C)n(C)c2C)C[C@@H]1O. The minimum atomic E-state index is -0.589. The number of nitrogens with zero attached hydrogens (tertiary/aromatic N) is 2. The van der Waals surface area contributed by atoms with E-state index in [1.165, 1.54) is 0 Å². The van der Waals surface area contributed by atoms with Crippen molar-refractivity contribution < 1.29 is 14.6 Å². The second kappa shape index (κ2) is 5.35. The van der Waals surface area contributed by atoms with E-state index >= 15 is 0 Å². The van der Waals surface area contributed by atoms with Gasteiger partial charge in [0.25, 0.3) is 5.91 Å². The zero-order chi connectivity index (χ0) is 14.2. The van der Waals surface area contributed by atoms with Gasteiger partial charge in [0.2, 0.25) is 0 Å². The van der Waals surface area contributed by atoms with Gasteiger partial charge in [-0.15, -0.1) is 0 Å². The molecule has 1 aliphatic heterocycles. The van der Waals surface area contributed by atoms with E-state index in [-0.39, 0.29) is 12.0 Å². The van der Waals surface area contributed by atoms with Gasteiger partial charge >= 0.3 is 0 Å². The molecule has 1 fully saturated rings. The van der Waals surface area contributed by atoms with Gasteiger partial charge in [-0.1, -0.05) is 0 Å². The number of carbonyl (C=O) groups excluding carboxylic acids is 1. The quantitative estimate of drug-likeness (QED) is 0.883. The van der Waals surface area contributed by atoms with Gasteiger partial charge < -0.3 is 19.3 Å². The highest BCUT2D eigenvalue weighted by Crippen LogP contribution is 2.20. The third-order valence-corrected chi connectivity index (χ3v) is 3.91. The van der Waals surface area contributed by atoms with Crippen LogP contribution in [0.1, 0.15) is 28.7 Å². The normalized spacial score (nSPS) is 23.1. The molecule has 0 unspecified atom stereocenters. The molecule has 1 aliphatic rings. The topological polar surface area (TPSA) is 54.7 Å². The number of hydrogen-bond acceptors (Lipinski definition) is 3. The molecule has 2 rings (SSSR count). The van der Waals surface area contributed by atoms with E-state index in [9.17, 15) is 9.90 Å². The summed E-state index contributed by atoms with van der Waals surface area (Å²) in [5.41, 5.74) is 2.73. The highest BCUT2D eigenvalue weighted by molar-refractivity contribution is 5.96. The first kappa shape index (κ1) is 14.1. The van der Waals surface area contributed by atoms with Gasteiger partial charge in [-0.2, -0.15) is 0 Å². The molecule has 106 valence electrons. The van der Waals surface area contributed by atoms with Crippen LogP contribution >= 0.6 is 0 Å². The van der Waals surface area contributed by atoms with Crippen LogP contribution in [-0.2, 0) is 11.8 Å². The molecule has 0 saturated carbocycles. The minimum Gasteiger partial charge on any atom is -0.388 e. The van der Waals surface area contributed by atoms with E-state index in [0.29, 0.717) is 25.3 Å². The smallest absolute Gasteiger partial charge is 0.255 e. The highest BCUT2D eigenvalue weighted by atomic mass is 16.5. The number of aromatic nitrogens is 1. The summed E-state index contributed by atoms with van der Waals surface area (Å²) < 4.78 is 7.44. The number of hydrogen-bond donors (Lipinski definition) is 1. The van der Waals surface area contributed by atoms with Crippen molar-refractivity contribution in [3.63, 3.8) is 0 Å². The van der Waals surface area contributed by atoms with Crippen LogP contribution in [0, 0.1) is 13.8 Å². The molecule has 1 aromatic heterocycles. The van der Waals surface area contributed by atoms with Crippen LogP contribution in [0.25, 0.3) is 0 Å². The van der Waals surface area contributed by atoms with E-state index in [2.05, 4.69) is 0 Å². The number of carbonyl (C=O) groups is 1. The van der Waals surface area contributed by atoms with Gasteiger partial charge in [0.1, 0.15) is 6.10 Å². The molecule has 5 nitrogen and oxygen atoms in total. The summed E-state index contributed by atoms with van der Waals surface area (Å²) in [4.78, 5) is 14.1. The molecular formula is C14H22N2O3. The van der Waals surface area contributed by atoms with E-state index in [0.717, 1.165) is 11.4 Å². The van der Waals surface area contributed by atoms with Crippen LogP contribution in [0.2, 0.25) is 0 Å². The third-order valence-electron chi connectivity index (χ3n) is 3.91. The maximum Gasteiger partial charge on any atom is 0.255 e. The lowest BCUT2D eigenvalue weighted by atomic mass is 10.2. The first-order valence-electron chi connectivity index (χ1n) is 6.67. The molecule has 0 spiro atoms. The predicted molar refractivity (Wildman–Crippen MR) is 72.2 cm³/mol. The number of aryl methyl sites for hydroxylation is 1. The predicted octanol–water partition coefficient (Wildman–Crippen LogP) is 0.864. The highest BCUT2D eigenvalue weighted by Gasteiger charge is 2.35. The molecule has 19 heavy (non-hydrogen) atoms. The Morgan fingerprint density at radius 1 is 1.47 bits per heavy atom. The van der Waals surface area contributed by atoms with E-state index in [4.69, 9.17) is 4.74 Å². The number of amides is 1. The van der Waals surface area contributed by atoms with Gasteiger partial charge in [0.05, 0.1) is 11.7 Å². The number of β-amino-alcohol motifs (C(OH)–C–C–N with tert-alkyl or cyclic N) is 1. The summed E-state index contributed by atoms with van der Waals surface area (Å²) in [6.45, 7) is 7.16. The monoisotopic (exact) mass is 266 g/mol. The van der Waals surface area contributed by atoms with Gasteiger partial charge in [-0.25, -0.2) is 0 Å². The van der Waals surface area contributed by atoms with Crippen molar-refractivity contribution in [2.24, 2.45) is 7.05 Å². The number of rotatable bonds is 3. The molecule has 2 atom stereocenters. The number of aliphatic hydroxyl groups is 1. The van der Waals surface area contributed by atoms with E-state index < -0.39 is 6.10 Å². The summed E-state index contributed by atoms with van der Waals surface area (Å²) in [6, 6.07) is 1.90. The third kappa shape index (κ3) is 2.53. The second-order valence-electron chi connectivity index (χ2n) is 5.12. The lowest BCUT2D eigenvalue weighted by Gasteiger charge is -2.16. The maximum absolute atomic E-state index is 12.5. The van der Waals surface area contributed by atoms with Crippen molar-refractivity contribution in [3.05, 3.63) is 23.0 Å². The van der Waals surface area contributed by atoms with Crippen LogP contribution in [0.4, 0.5) is 0 Å². The molecule has 0 bridgehead atoms. The Kier molecular flexibility index (Phi) is 3.96. The molecule has 5 heteroatoms. The van der Waals surface area contributed by atoms with Gasteiger partial charge in [0.15, 0.2) is 0 Å². The fourth-order valence-corrected chi connectivity index (χ4v) is 2.54. The first-order chi connectivity index (χ1) is 8.95. The molecular weight excluding hydrogens is 244 g/mol. The summed E-state index contributed by atoms with van der Waals surface area (Å²) in [5, 5.41) is 9.89. The van der Waals surface area contributed by atoms with Gasteiger partial charge in [-0.3, -0.25) is 4.79 Å². The number of aliphatic hydroxyl groups excluding tert-OH is 1. The molecule has 1 amide bonds. The number of likely N-dealkylation sites (tertiary alicyclic amines) is 1. The van der Waals surface area contributed by atoms with Crippen LogP contribution in [0.5, 0.6) is 0 Å². The zero-order valence-corrected chi connectivity index (χ0v) is 12.0. The summed E-state index contributed by atoms with van der Waals surface area (Å²) in [6.07, 6.45) is -0.854. The molecule has 1 saturated heterocycles. The lowest BCUT2D eigenvalue weighted by molar-refractivity contribution is -0.00237. The summed E-state index contributed by atoms with van der Waals surface area (Å²) >= 11 is 0. The van der Waals surface area contributed by atoms with Crippen molar-refractivity contribution >= 4 is 5.91 Å². The van der Waals surface area contributed by atoms with Crippen LogP contribution in [0.3, 0.4) is 0 Å². The van der Waals surface area contributed by atoms with Crippen LogP contribution < -0.4 is 0 Å². The number of ether oxygens (including phenoxy) is 1. The molecule has 0 radical (unpaired) electrons. The average molecular weight is 266 g/mol. The largest absolute Gasteiger partial charge is 0.388 e. The van der Waals surface area contributed by atoms with Crippen molar-refractivity contribution in [1.29, 1.82) is 0 Å². The Morgan fingerprint density at radius 3 is 2.68 bits per heavy atom. The summed E-state index contributed by atoms with van der Waals surface area (Å²) in [5.74, 6) is -0.0255. The molecule has 1 aromatic rings. The maximum atomic E-state index is 12.5. The Morgan fingerprint density at radius 2 is 2.16 bits per heavy atom. The molecule has 1 N–H and O–H groups in total. The summed E-state index contributed by atoms with van der Waals surface area (Å²) in [7, 11) is 1.95. The fourth-order valence-electron chi connectivity index (χ4n) is 2.54. The zero-order valence-electron chi connectivity index (χ0n) is 12.0. The average Bonchev–Trinajstić information content (AvgIpc) is 2.86. The van der Waals surface area contributed by atoms with Crippen LogP contribution in [-0.4, -0.2) is 52.4 Å².